The number of rotatable bonds is 3. The first kappa shape index (κ1) is 13.2. The summed E-state index contributed by atoms with van der Waals surface area (Å²) in [6, 6.07) is 8.44. The molecule has 1 saturated heterocycles. The van der Waals surface area contributed by atoms with Crippen molar-refractivity contribution in [2.24, 2.45) is 0 Å². The first-order valence-corrected chi connectivity index (χ1v) is 7.28. The number of likely N-dealkylation sites (tertiary alicyclic amines) is 1. The van der Waals surface area contributed by atoms with Crippen molar-refractivity contribution in [2.75, 3.05) is 26.7 Å². The van der Waals surface area contributed by atoms with Crippen LogP contribution in [0, 0.1) is 0 Å². The second-order valence-corrected chi connectivity index (χ2v) is 5.47. The zero-order valence-electron chi connectivity index (χ0n) is 11.9. The van der Waals surface area contributed by atoms with E-state index in [1.807, 2.05) is 11.9 Å². The first-order valence-electron chi connectivity index (χ1n) is 7.28. The number of H-pyrrole nitrogens is 1. The standard InChI is InChI=1S/C16H21N3O/c1-17-11-16(20)19-8-6-12(7-9-19)14-10-18-15-5-3-2-4-13(14)15/h2-5,10,12,17-18H,6-9,11H2,1H3. The minimum Gasteiger partial charge on any atom is -0.361 e. The highest BCUT2D eigenvalue weighted by Crippen LogP contribution is 2.32. The molecular weight excluding hydrogens is 250 g/mol. The number of carbonyl (C=O) groups excluding carboxylic acids is 1. The lowest BCUT2D eigenvalue weighted by atomic mass is 9.89. The fourth-order valence-electron chi connectivity index (χ4n) is 3.13. The van der Waals surface area contributed by atoms with E-state index in [0.717, 1.165) is 25.9 Å². The van der Waals surface area contributed by atoms with Crippen molar-refractivity contribution in [1.82, 2.24) is 15.2 Å². The molecule has 1 amide bonds. The van der Waals surface area contributed by atoms with Gasteiger partial charge in [-0.15, -0.1) is 0 Å². The van der Waals surface area contributed by atoms with Crippen LogP contribution in [-0.2, 0) is 4.79 Å². The number of hydrogen-bond donors (Lipinski definition) is 2. The van der Waals surface area contributed by atoms with E-state index in [9.17, 15) is 4.79 Å². The second kappa shape index (κ2) is 5.67. The predicted molar refractivity (Wildman–Crippen MR) is 80.8 cm³/mol. The maximum Gasteiger partial charge on any atom is 0.236 e. The van der Waals surface area contributed by atoms with E-state index < -0.39 is 0 Å². The molecule has 0 unspecified atom stereocenters. The Balaban J connectivity index is 1.70. The van der Waals surface area contributed by atoms with Crippen LogP contribution in [-0.4, -0.2) is 42.5 Å². The molecule has 1 aromatic heterocycles. The molecule has 2 N–H and O–H groups in total. The van der Waals surface area contributed by atoms with Crippen molar-refractivity contribution in [1.29, 1.82) is 0 Å². The van der Waals surface area contributed by atoms with E-state index in [0.29, 0.717) is 12.5 Å². The lowest BCUT2D eigenvalue weighted by molar-refractivity contribution is -0.131. The number of aromatic nitrogens is 1. The van der Waals surface area contributed by atoms with Gasteiger partial charge in [-0.25, -0.2) is 0 Å². The molecule has 2 aromatic rings. The van der Waals surface area contributed by atoms with Gasteiger partial charge in [-0.3, -0.25) is 4.79 Å². The summed E-state index contributed by atoms with van der Waals surface area (Å²) >= 11 is 0. The Labute approximate surface area is 119 Å². The zero-order valence-corrected chi connectivity index (χ0v) is 11.9. The molecule has 2 heterocycles. The van der Waals surface area contributed by atoms with Gasteiger partial charge >= 0.3 is 0 Å². The summed E-state index contributed by atoms with van der Waals surface area (Å²) < 4.78 is 0. The molecule has 1 aromatic carbocycles. The summed E-state index contributed by atoms with van der Waals surface area (Å²) in [5, 5.41) is 4.26. The summed E-state index contributed by atoms with van der Waals surface area (Å²) in [7, 11) is 1.82. The Morgan fingerprint density at radius 3 is 2.85 bits per heavy atom. The van der Waals surface area contributed by atoms with Crippen molar-refractivity contribution in [3.8, 4) is 0 Å². The number of nitrogens with one attached hydrogen (secondary N) is 2. The molecule has 106 valence electrons. The quantitative estimate of drug-likeness (QED) is 0.898. The van der Waals surface area contributed by atoms with Crippen LogP contribution < -0.4 is 5.32 Å². The van der Waals surface area contributed by atoms with Gasteiger partial charge in [0.2, 0.25) is 5.91 Å². The predicted octanol–water partition coefficient (Wildman–Crippen LogP) is 2.09. The SMILES string of the molecule is CNCC(=O)N1CCC(c2c[nH]c3ccccc23)CC1. The molecule has 0 radical (unpaired) electrons. The van der Waals surface area contributed by atoms with E-state index >= 15 is 0 Å². The molecule has 3 rings (SSSR count). The topological polar surface area (TPSA) is 48.1 Å². The normalized spacial score (nSPS) is 16.8. The molecule has 1 aliphatic rings. The average Bonchev–Trinajstić information content (AvgIpc) is 2.92. The Morgan fingerprint density at radius 1 is 1.35 bits per heavy atom. The lowest BCUT2D eigenvalue weighted by Crippen LogP contribution is -2.41. The molecule has 0 saturated carbocycles. The van der Waals surface area contributed by atoms with Gasteiger partial charge in [0, 0.05) is 30.2 Å². The lowest BCUT2D eigenvalue weighted by Gasteiger charge is -2.32. The van der Waals surface area contributed by atoms with Crippen molar-refractivity contribution in [3.63, 3.8) is 0 Å². The van der Waals surface area contributed by atoms with Crippen molar-refractivity contribution < 1.29 is 4.79 Å². The molecule has 4 nitrogen and oxygen atoms in total. The summed E-state index contributed by atoms with van der Waals surface area (Å²) in [5.74, 6) is 0.773. The molecule has 1 fully saturated rings. The van der Waals surface area contributed by atoms with Crippen LogP contribution in [0.3, 0.4) is 0 Å². The zero-order chi connectivity index (χ0) is 13.9. The molecule has 20 heavy (non-hydrogen) atoms. The number of piperidine rings is 1. The number of aromatic amines is 1. The maximum atomic E-state index is 11.9. The number of nitrogens with zero attached hydrogens (tertiary/aromatic N) is 1. The van der Waals surface area contributed by atoms with Gasteiger partial charge in [0.15, 0.2) is 0 Å². The second-order valence-electron chi connectivity index (χ2n) is 5.47. The van der Waals surface area contributed by atoms with Crippen LogP contribution in [0.4, 0.5) is 0 Å². The van der Waals surface area contributed by atoms with Gasteiger partial charge in [0.05, 0.1) is 6.54 Å². The van der Waals surface area contributed by atoms with Gasteiger partial charge in [-0.1, -0.05) is 18.2 Å². The maximum absolute atomic E-state index is 11.9. The van der Waals surface area contributed by atoms with E-state index in [4.69, 9.17) is 0 Å². The molecule has 4 heteroatoms. The number of likely N-dealkylation sites (N-methyl/N-ethyl adjacent to an activating group) is 1. The molecule has 0 spiro atoms. The van der Waals surface area contributed by atoms with Gasteiger partial charge in [-0.05, 0) is 37.4 Å². The minimum absolute atomic E-state index is 0.213. The van der Waals surface area contributed by atoms with Crippen molar-refractivity contribution >= 4 is 16.8 Å². The Morgan fingerprint density at radius 2 is 2.10 bits per heavy atom. The monoisotopic (exact) mass is 271 g/mol. The summed E-state index contributed by atoms with van der Waals surface area (Å²) in [4.78, 5) is 17.2. The van der Waals surface area contributed by atoms with Crippen LogP contribution >= 0.6 is 0 Å². The van der Waals surface area contributed by atoms with Crippen LogP contribution in [0.1, 0.15) is 24.3 Å². The highest BCUT2D eigenvalue weighted by atomic mass is 16.2. The van der Waals surface area contributed by atoms with Crippen molar-refractivity contribution in [3.05, 3.63) is 36.0 Å². The number of fused-ring (bicyclic) bond motifs is 1. The Kier molecular flexibility index (Phi) is 3.74. The fraction of sp³-hybridized carbons (Fsp3) is 0.438. The fourth-order valence-corrected chi connectivity index (χ4v) is 3.13. The third-order valence-corrected chi connectivity index (χ3v) is 4.24. The molecule has 0 atom stereocenters. The van der Waals surface area contributed by atoms with E-state index in [1.54, 1.807) is 0 Å². The van der Waals surface area contributed by atoms with Crippen LogP contribution in [0.5, 0.6) is 0 Å². The Bertz CT molecular complexity index is 597. The van der Waals surface area contributed by atoms with E-state index in [1.165, 1.54) is 16.5 Å². The molecular formula is C16H21N3O. The van der Waals surface area contributed by atoms with Gasteiger partial charge in [0.25, 0.3) is 0 Å². The highest BCUT2D eigenvalue weighted by Gasteiger charge is 2.24. The smallest absolute Gasteiger partial charge is 0.236 e. The Hall–Kier alpha value is -1.81. The minimum atomic E-state index is 0.213. The third kappa shape index (κ3) is 2.43. The van der Waals surface area contributed by atoms with E-state index in [2.05, 4.69) is 40.8 Å². The summed E-state index contributed by atoms with van der Waals surface area (Å²) in [5.41, 5.74) is 2.61. The first-order chi connectivity index (χ1) is 9.79. The van der Waals surface area contributed by atoms with Crippen LogP contribution in [0.2, 0.25) is 0 Å². The number of carbonyl (C=O) groups is 1. The number of para-hydroxylation sites is 1. The van der Waals surface area contributed by atoms with Gasteiger partial charge < -0.3 is 15.2 Å². The number of amides is 1. The molecule has 0 bridgehead atoms. The van der Waals surface area contributed by atoms with Crippen molar-refractivity contribution in [2.45, 2.75) is 18.8 Å². The molecule has 1 aliphatic heterocycles. The van der Waals surface area contributed by atoms with Crippen LogP contribution in [0.15, 0.2) is 30.5 Å². The van der Waals surface area contributed by atoms with Gasteiger partial charge in [0.1, 0.15) is 0 Å². The number of hydrogen-bond acceptors (Lipinski definition) is 2. The van der Waals surface area contributed by atoms with Crippen LogP contribution in [0.25, 0.3) is 10.9 Å². The third-order valence-electron chi connectivity index (χ3n) is 4.24. The average molecular weight is 271 g/mol. The van der Waals surface area contributed by atoms with Gasteiger partial charge in [-0.2, -0.15) is 0 Å². The summed E-state index contributed by atoms with van der Waals surface area (Å²) in [6.07, 6.45) is 4.25. The number of benzene rings is 1. The molecule has 0 aliphatic carbocycles. The summed E-state index contributed by atoms with van der Waals surface area (Å²) in [6.45, 7) is 2.17. The largest absolute Gasteiger partial charge is 0.361 e. The highest BCUT2D eigenvalue weighted by molar-refractivity contribution is 5.83. The van der Waals surface area contributed by atoms with E-state index in [-0.39, 0.29) is 5.91 Å².